The first kappa shape index (κ1) is 19.4. The molecular formula is C21H27N5O3. The van der Waals surface area contributed by atoms with Crippen LogP contribution in [-0.4, -0.2) is 46.2 Å². The van der Waals surface area contributed by atoms with Crippen LogP contribution in [0, 0.1) is 0 Å². The van der Waals surface area contributed by atoms with Crippen molar-refractivity contribution in [1.29, 1.82) is 0 Å². The Labute approximate surface area is 170 Å². The molecule has 2 N–H and O–H groups in total. The maximum Gasteiger partial charge on any atom is 0.260 e. The SMILES string of the molecule is CCCCc1nc2c(N)nnc(OC3CCOC3)c2n1Cc1ccc(OC)cc1. The summed E-state index contributed by atoms with van der Waals surface area (Å²) in [5, 5.41) is 8.34. The van der Waals surface area contributed by atoms with Crippen LogP contribution in [0.5, 0.6) is 11.6 Å². The van der Waals surface area contributed by atoms with E-state index in [9.17, 15) is 0 Å². The van der Waals surface area contributed by atoms with Crippen LogP contribution < -0.4 is 15.2 Å². The minimum Gasteiger partial charge on any atom is -0.497 e. The molecule has 3 aromatic rings. The van der Waals surface area contributed by atoms with Gasteiger partial charge in [-0.3, -0.25) is 0 Å². The van der Waals surface area contributed by atoms with Crippen molar-refractivity contribution in [3.8, 4) is 11.6 Å². The van der Waals surface area contributed by atoms with Gasteiger partial charge in [0.1, 0.15) is 28.7 Å². The van der Waals surface area contributed by atoms with Crippen molar-refractivity contribution < 1.29 is 14.2 Å². The van der Waals surface area contributed by atoms with Crippen molar-refractivity contribution in [2.24, 2.45) is 0 Å². The Bertz CT molecular complexity index is 965. The second-order valence-electron chi connectivity index (χ2n) is 7.26. The van der Waals surface area contributed by atoms with E-state index in [4.69, 9.17) is 24.9 Å². The standard InChI is InChI=1S/C21H27N5O3/c1-3-4-5-17-23-18-19(26(17)12-14-6-8-15(27-2)9-7-14)21(25-24-20(18)22)29-16-10-11-28-13-16/h6-9,16H,3-5,10-13H2,1-2H3,(H2,22,24). The molecule has 1 aliphatic rings. The van der Waals surface area contributed by atoms with Crippen LogP contribution in [0.2, 0.25) is 0 Å². The summed E-state index contributed by atoms with van der Waals surface area (Å²) in [6, 6.07) is 8.03. The first-order valence-electron chi connectivity index (χ1n) is 10.1. The first-order chi connectivity index (χ1) is 14.2. The lowest BCUT2D eigenvalue weighted by atomic mass is 10.2. The number of anilines is 1. The number of fused-ring (bicyclic) bond motifs is 1. The molecule has 0 aliphatic carbocycles. The molecule has 29 heavy (non-hydrogen) atoms. The van der Waals surface area contributed by atoms with Crippen LogP contribution in [0.25, 0.3) is 11.0 Å². The van der Waals surface area contributed by atoms with Crippen LogP contribution in [0.15, 0.2) is 24.3 Å². The molecule has 154 valence electrons. The molecular weight excluding hydrogens is 370 g/mol. The van der Waals surface area contributed by atoms with Gasteiger partial charge >= 0.3 is 0 Å². The molecule has 1 fully saturated rings. The summed E-state index contributed by atoms with van der Waals surface area (Å²) in [4.78, 5) is 4.81. The maximum absolute atomic E-state index is 6.14. The molecule has 8 nitrogen and oxygen atoms in total. The second-order valence-corrected chi connectivity index (χ2v) is 7.26. The summed E-state index contributed by atoms with van der Waals surface area (Å²) in [7, 11) is 1.67. The zero-order valence-electron chi connectivity index (χ0n) is 16.9. The number of hydrogen-bond donors (Lipinski definition) is 1. The highest BCUT2D eigenvalue weighted by atomic mass is 16.5. The van der Waals surface area contributed by atoms with Gasteiger partial charge < -0.3 is 24.5 Å². The van der Waals surface area contributed by atoms with E-state index in [1.54, 1.807) is 7.11 Å². The minimum atomic E-state index is -0.0282. The molecule has 0 amide bonds. The zero-order valence-corrected chi connectivity index (χ0v) is 16.9. The fourth-order valence-electron chi connectivity index (χ4n) is 3.54. The van der Waals surface area contributed by atoms with Gasteiger partial charge in [0.15, 0.2) is 5.82 Å². The number of aromatic nitrogens is 4. The van der Waals surface area contributed by atoms with Crippen LogP contribution in [0.4, 0.5) is 5.82 Å². The summed E-state index contributed by atoms with van der Waals surface area (Å²) < 4.78 is 19.0. The number of nitrogen functional groups attached to an aromatic ring is 1. The summed E-state index contributed by atoms with van der Waals surface area (Å²) in [5.41, 5.74) is 8.71. The molecule has 3 heterocycles. The van der Waals surface area contributed by atoms with E-state index in [2.05, 4.69) is 33.8 Å². The molecule has 1 saturated heterocycles. The van der Waals surface area contributed by atoms with Crippen molar-refractivity contribution >= 4 is 16.9 Å². The van der Waals surface area contributed by atoms with E-state index in [1.807, 2.05) is 12.1 Å². The third-order valence-corrected chi connectivity index (χ3v) is 5.16. The molecule has 1 atom stereocenters. The van der Waals surface area contributed by atoms with Crippen molar-refractivity contribution in [3.05, 3.63) is 35.7 Å². The molecule has 8 heteroatoms. The number of unbranched alkanes of at least 4 members (excludes halogenated alkanes) is 1. The molecule has 0 saturated carbocycles. The summed E-state index contributed by atoms with van der Waals surface area (Å²) >= 11 is 0. The van der Waals surface area contributed by atoms with Gasteiger partial charge in [0.05, 0.1) is 20.3 Å². The Balaban J connectivity index is 1.77. The Hall–Kier alpha value is -2.87. The number of nitrogens with two attached hydrogens (primary N) is 1. The lowest BCUT2D eigenvalue weighted by Gasteiger charge is -2.14. The van der Waals surface area contributed by atoms with E-state index in [1.165, 1.54) is 0 Å². The van der Waals surface area contributed by atoms with Gasteiger partial charge in [-0.2, -0.15) is 0 Å². The molecule has 1 unspecified atom stereocenters. The van der Waals surface area contributed by atoms with E-state index in [0.717, 1.165) is 48.3 Å². The third kappa shape index (κ3) is 4.12. The average Bonchev–Trinajstić information content (AvgIpc) is 3.38. The number of imidazole rings is 1. The van der Waals surface area contributed by atoms with Gasteiger partial charge in [0.2, 0.25) is 0 Å². The summed E-state index contributed by atoms with van der Waals surface area (Å²) in [6.45, 7) is 4.07. The number of benzene rings is 1. The van der Waals surface area contributed by atoms with Gasteiger partial charge in [0, 0.05) is 19.4 Å². The van der Waals surface area contributed by atoms with Crippen LogP contribution in [0.1, 0.15) is 37.6 Å². The highest BCUT2D eigenvalue weighted by Crippen LogP contribution is 2.30. The van der Waals surface area contributed by atoms with Gasteiger partial charge in [0.25, 0.3) is 5.88 Å². The lowest BCUT2D eigenvalue weighted by Crippen LogP contribution is -2.18. The number of methoxy groups -OCH3 is 1. The van der Waals surface area contributed by atoms with Crippen LogP contribution in [-0.2, 0) is 17.7 Å². The van der Waals surface area contributed by atoms with E-state index >= 15 is 0 Å². The molecule has 0 spiro atoms. The van der Waals surface area contributed by atoms with Gasteiger partial charge in [-0.1, -0.05) is 25.5 Å². The van der Waals surface area contributed by atoms with Crippen molar-refractivity contribution in [2.75, 3.05) is 26.1 Å². The van der Waals surface area contributed by atoms with E-state index in [-0.39, 0.29) is 6.10 Å². The predicted molar refractivity (Wildman–Crippen MR) is 110 cm³/mol. The molecule has 2 aromatic heterocycles. The largest absolute Gasteiger partial charge is 0.497 e. The van der Waals surface area contributed by atoms with Gasteiger partial charge in [-0.05, 0) is 24.1 Å². The Morgan fingerprint density at radius 1 is 1.24 bits per heavy atom. The number of ether oxygens (including phenoxy) is 3. The van der Waals surface area contributed by atoms with Crippen molar-refractivity contribution in [2.45, 2.75) is 45.3 Å². The molecule has 4 rings (SSSR count). The number of aryl methyl sites for hydroxylation is 1. The lowest BCUT2D eigenvalue weighted by molar-refractivity contribution is 0.138. The monoisotopic (exact) mass is 397 g/mol. The third-order valence-electron chi connectivity index (χ3n) is 5.16. The molecule has 0 bridgehead atoms. The average molecular weight is 397 g/mol. The van der Waals surface area contributed by atoms with Crippen LogP contribution in [0.3, 0.4) is 0 Å². The fraction of sp³-hybridized carbons (Fsp3) is 0.476. The number of hydrogen-bond acceptors (Lipinski definition) is 7. The maximum atomic E-state index is 6.14. The van der Waals surface area contributed by atoms with E-state index in [0.29, 0.717) is 37.0 Å². The quantitative estimate of drug-likeness (QED) is 0.624. The molecule has 1 aromatic carbocycles. The van der Waals surface area contributed by atoms with Crippen molar-refractivity contribution in [1.82, 2.24) is 19.7 Å². The topological polar surface area (TPSA) is 97.3 Å². The summed E-state index contributed by atoms with van der Waals surface area (Å²) in [6.07, 6.45) is 3.79. The molecule has 0 radical (unpaired) electrons. The number of rotatable bonds is 8. The van der Waals surface area contributed by atoms with Crippen molar-refractivity contribution in [3.63, 3.8) is 0 Å². The molecule has 1 aliphatic heterocycles. The Kier molecular flexibility index (Phi) is 5.80. The first-order valence-corrected chi connectivity index (χ1v) is 10.1. The number of nitrogens with zero attached hydrogens (tertiary/aromatic N) is 4. The van der Waals surface area contributed by atoms with E-state index < -0.39 is 0 Å². The Morgan fingerprint density at radius 3 is 2.76 bits per heavy atom. The normalized spacial score (nSPS) is 16.4. The predicted octanol–water partition coefficient (Wildman–Crippen LogP) is 2.98. The van der Waals surface area contributed by atoms with Crippen LogP contribution >= 0.6 is 0 Å². The minimum absolute atomic E-state index is 0.0282. The summed E-state index contributed by atoms with van der Waals surface area (Å²) in [5.74, 6) is 2.58. The smallest absolute Gasteiger partial charge is 0.260 e. The van der Waals surface area contributed by atoms with Gasteiger partial charge in [-0.15, -0.1) is 10.2 Å². The highest BCUT2D eigenvalue weighted by molar-refractivity contribution is 5.88. The zero-order chi connectivity index (χ0) is 20.2. The highest BCUT2D eigenvalue weighted by Gasteiger charge is 2.24. The fourth-order valence-corrected chi connectivity index (χ4v) is 3.54. The Morgan fingerprint density at radius 2 is 2.07 bits per heavy atom. The second kappa shape index (κ2) is 8.65. The van der Waals surface area contributed by atoms with Gasteiger partial charge in [-0.25, -0.2) is 4.98 Å².